The topological polar surface area (TPSA) is 29.4 Å². The van der Waals surface area contributed by atoms with E-state index in [4.69, 9.17) is 0 Å². The van der Waals surface area contributed by atoms with Crippen LogP contribution in [0.25, 0.3) is 0 Å². The van der Waals surface area contributed by atoms with E-state index in [0.717, 1.165) is 16.8 Å². The molecule has 0 radical (unpaired) electrons. The highest BCUT2D eigenvalue weighted by molar-refractivity contribution is 6.18. The van der Waals surface area contributed by atoms with E-state index >= 15 is 0 Å². The van der Waals surface area contributed by atoms with Gasteiger partial charge in [0.15, 0.2) is 0 Å². The van der Waals surface area contributed by atoms with Crippen LogP contribution < -0.4 is 0 Å². The van der Waals surface area contributed by atoms with Gasteiger partial charge in [0.25, 0.3) is 5.91 Å². The largest absolute Gasteiger partial charge is 0.277 e. The molecule has 2 aromatic carbocycles. The van der Waals surface area contributed by atoms with Gasteiger partial charge < -0.3 is 0 Å². The molecule has 0 unspecified atom stereocenters. The molecule has 2 aromatic rings. The third-order valence-electron chi connectivity index (χ3n) is 3.68. The second-order valence-electron chi connectivity index (χ2n) is 5.30. The lowest BCUT2D eigenvalue weighted by Gasteiger charge is -2.32. The van der Waals surface area contributed by atoms with Gasteiger partial charge in [0, 0.05) is 11.0 Å². The maximum absolute atomic E-state index is 12.2. The van der Waals surface area contributed by atoms with Crippen LogP contribution in [0.2, 0.25) is 0 Å². The zero-order valence-corrected chi connectivity index (χ0v) is 11.1. The number of hydrogen-bond donors (Lipinski definition) is 0. The molecule has 0 spiro atoms. The van der Waals surface area contributed by atoms with E-state index in [0.29, 0.717) is 5.56 Å². The minimum absolute atomic E-state index is 0.145. The number of amides is 1. The van der Waals surface area contributed by atoms with Gasteiger partial charge in [-0.05, 0) is 17.2 Å². The molecule has 0 aliphatic carbocycles. The van der Waals surface area contributed by atoms with Gasteiger partial charge in [0.1, 0.15) is 0 Å². The molecule has 19 heavy (non-hydrogen) atoms. The summed E-state index contributed by atoms with van der Waals surface area (Å²) in [6.07, 6.45) is 0. The molecule has 1 aliphatic rings. The number of rotatable bonds is 1. The Labute approximate surface area is 112 Å². The quantitative estimate of drug-likeness (QED) is 0.759. The van der Waals surface area contributed by atoms with Gasteiger partial charge in [-0.3, -0.25) is 4.79 Å². The van der Waals surface area contributed by atoms with Gasteiger partial charge in [0.05, 0.1) is 5.71 Å². The van der Waals surface area contributed by atoms with Crippen molar-refractivity contribution >= 4 is 11.6 Å². The maximum atomic E-state index is 12.2. The lowest BCUT2D eigenvalue weighted by molar-refractivity contribution is 0.0997. The van der Waals surface area contributed by atoms with Crippen molar-refractivity contribution in [2.45, 2.75) is 19.3 Å². The van der Waals surface area contributed by atoms with Gasteiger partial charge in [-0.1, -0.05) is 62.4 Å². The third-order valence-corrected chi connectivity index (χ3v) is 3.68. The first-order valence-electron chi connectivity index (χ1n) is 6.39. The van der Waals surface area contributed by atoms with Crippen molar-refractivity contribution in [3.8, 4) is 0 Å². The monoisotopic (exact) mass is 249 g/mol. The molecule has 0 saturated carbocycles. The Kier molecular flexibility index (Phi) is 2.59. The molecular weight excluding hydrogens is 234 g/mol. The Morgan fingerprint density at radius 2 is 1.53 bits per heavy atom. The highest BCUT2D eigenvalue weighted by Gasteiger charge is 2.36. The van der Waals surface area contributed by atoms with Crippen LogP contribution in [0.3, 0.4) is 0 Å². The van der Waals surface area contributed by atoms with Gasteiger partial charge in [-0.2, -0.15) is 0 Å². The molecule has 1 aliphatic heterocycles. The lowest BCUT2D eigenvalue weighted by atomic mass is 9.73. The fourth-order valence-electron chi connectivity index (χ4n) is 2.67. The molecule has 0 bridgehead atoms. The van der Waals surface area contributed by atoms with E-state index in [-0.39, 0.29) is 11.3 Å². The normalized spacial score (nSPS) is 16.7. The van der Waals surface area contributed by atoms with Crippen LogP contribution in [0.5, 0.6) is 0 Å². The summed E-state index contributed by atoms with van der Waals surface area (Å²) in [5.41, 5.74) is 3.36. The minimum Gasteiger partial charge on any atom is -0.267 e. The summed E-state index contributed by atoms with van der Waals surface area (Å²) >= 11 is 0. The van der Waals surface area contributed by atoms with Crippen LogP contribution in [-0.2, 0) is 5.41 Å². The van der Waals surface area contributed by atoms with Crippen LogP contribution >= 0.6 is 0 Å². The van der Waals surface area contributed by atoms with E-state index in [1.54, 1.807) is 0 Å². The summed E-state index contributed by atoms with van der Waals surface area (Å²) < 4.78 is 0. The molecule has 0 fully saturated rings. The summed E-state index contributed by atoms with van der Waals surface area (Å²) in [4.78, 5) is 16.5. The van der Waals surface area contributed by atoms with E-state index in [2.05, 4.69) is 18.8 Å². The van der Waals surface area contributed by atoms with Crippen molar-refractivity contribution in [1.82, 2.24) is 0 Å². The number of fused-ring (bicyclic) bond motifs is 1. The van der Waals surface area contributed by atoms with Crippen LogP contribution in [0.15, 0.2) is 59.6 Å². The molecule has 94 valence electrons. The van der Waals surface area contributed by atoms with E-state index < -0.39 is 0 Å². The predicted octanol–water partition coefficient (Wildman–Crippen LogP) is 3.61. The smallest absolute Gasteiger partial charge is 0.267 e. The molecule has 0 aromatic heterocycles. The van der Waals surface area contributed by atoms with Crippen LogP contribution in [0, 0.1) is 0 Å². The fourth-order valence-corrected chi connectivity index (χ4v) is 2.67. The minimum atomic E-state index is -0.258. The molecule has 0 saturated heterocycles. The standard InChI is InChI=1S/C17H15NO/c1-17(2)14-11-7-6-10-13(14)16(19)18-15(17)12-8-4-3-5-9-12/h3-11H,1-2H3. The Bertz CT molecular complexity index is 669. The summed E-state index contributed by atoms with van der Waals surface area (Å²) in [7, 11) is 0. The maximum Gasteiger partial charge on any atom is 0.277 e. The molecule has 2 heteroatoms. The third kappa shape index (κ3) is 1.80. The average molecular weight is 249 g/mol. The first-order valence-corrected chi connectivity index (χ1v) is 6.39. The van der Waals surface area contributed by atoms with Gasteiger partial charge >= 0.3 is 0 Å². The van der Waals surface area contributed by atoms with Crippen molar-refractivity contribution in [3.63, 3.8) is 0 Å². The Balaban J connectivity index is 2.22. The van der Waals surface area contributed by atoms with E-state index in [9.17, 15) is 4.79 Å². The van der Waals surface area contributed by atoms with E-state index in [1.807, 2.05) is 54.6 Å². The first-order chi connectivity index (χ1) is 9.10. The molecule has 3 rings (SSSR count). The second-order valence-corrected chi connectivity index (χ2v) is 5.30. The summed E-state index contributed by atoms with van der Waals surface area (Å²) in [5, 5.41) is 0. The lowest BCUT2D eigenvalue weighted by Crippen LogP contribution is -2.36. The SMILES string of the molecule is CC1(C)C(c2ccccc2)=NC(=O)c2ccccc21. The van der Waals surface area contributed by atoms with Crippen LogP contribution in [0.1, 0.15) is 35.3 Å². The number of nitrogens with zero attached hydrogens (tertiary/aromatic N) is 1. The van der Waals surface area contributed by atoms with Gasteiger partial charge in [-0.25, -0.2) is 4.99 Å². The fraction of sp³-hybridized carbons (Fsp3) is 0.176. The summed E-state index contributed by atoms with van der Waals surface area (Å²) in [6.45, 7) is 4.23. The average Bonchev–Trinajstić information content (AvgIpc) is 2.44. The molecule has 1 amide bonds. The summed E-state index contributed by atoms with van der Waals surface area (Å²) in [5.74, 6) is -0.145. The number of carbonyl (C=O) groups is 1. The molecule has 1 heterocycles. The first kappa shape index (κ1) is 11.8. The van der Waals surface area contributed by atoms with Crippen molar-refractivity contribution < 1.29 is 4.79 Å². The van der Waals surface area contributed by atoms with Gasteiger partial charge in [0.2, 0.25) is 0 Å². The zero-order chi connectivity index (χ0) is 13.5. The Morgan fingerprint density at radius 1 is 0.895 bits per heavy atom. The number of aliphatic imine (C=N–C) groups is 1. The highest BCUT2D eigenvalue weighted by Crippen LogP contribution is 2.34. The van der Waals surface area contributed by atoms with Crippen molar-refractivity contribution in [2.75, 3.05) is 0 Å². The van der Waals surface area contributed by atoms with Gasteiger partial charge in [-0.15, -0.1) is 0 Å². The summed E-state index contributed by atoms with van der Waals surface area (Å²) in [6, 6.07) is 17.6. The highest BCUT2D eigenvalue weighted by atomic mass is 16.1. The van der Waals surface area contributed by atoms with Crippen LogP contribution in [-0.4, -0.2) is 11.6 Å². The van der Waals surface area contributed by atoms with Crippen molar-refractivity contribution in [3.05, 3.63) is 71.3 Å². The Hall–Kier alpha value is -2.22. The number of carbonyl (C=O) groups excluding carboxylic acids is 1. The predicted molar refractivity (Wildman–Crippen MR) is 76.8 cm³/mol. The number of hydrogen-bond acceptors (Lipinski definition) is 1. The Morgan fingerprint density at radius 3 is 2.26 bits per heavy atom. The second kappa shape index (κ2) is 4.16. The zero-order valence-electron chi connectivity index (χ0n) is 11.1. The molecule has 0 N–H and O–H groups in total. The molecular formula is C17H15NO. The van der Waals surface area contributed by atoms with Crippen molar-refractivity contribution in [1.29, 1.82) is 0 Å². The van der Waals surface area contributed by atoms with Crippen LogP contribution in [0.4, 0.5) is 0 Å². The van der Waals surface area contributed by atoms with E-state index in [1.165, 1.54) is 0 Å². The molecule has 2 nitrogen and oxygen atoms in total. The number of benzene rings is 2. The molecule has 0 atom stereocenters. The van der Waals surface area contributed by atoms with Crippen molar-refractivity contribution in [2.24, 2.45) is 4.99 Å².